The number of nitrogens with two attached hydrogens (primary N) is 1. The molecule has 0 aromatic heterocycles. The first-order chi connectivity index (χ1) is 10.0. The highest BCUT2D eigenvalue weighted by molar-refractivity contribution is 5.87. The van der Waals surface area contributed by atoms with Gasteiger partial charge in [-0.15, -0.1) is 0 Å². The molecule has 0 spiro atoms. The molecule has 3 aliphatic carbocycles. The summed E-state index contributed by atoms with van der Waals surface area (Å²) >= 11 is 0. The number of fused-ring (bicyclic) bond motifs is 5. The first-order valence-corrected chi connectivity index (χ1v) is 8.16. The van der Waals surface area contributed by atoms with Gasteiger partial charge in [0.2, 0.25) is 0 Å². The fourth-order valence-corrected chi connectivity index (χ4v) is 5.45. The molecule has 3 aliphatic rings. The van der Waals surface area contributed by atoms with Gasteiger partial charge in [0.25, 0.3) is 0 Å². The summed E-state index contributed by atoms with van der Waals surface area (Å²) in [6, 6.07) is 3.81. The largest absolute Gasteiger partial charge is 0.506 e. The van der Waals surface area contributed by atoms with Crippen LogP contribution >= 0.6 is 0 Å². The number of hydrogen-bond acceptors (Lipinski definition) is 3. The number of ketones is 1. The summed E-state index contributed by atoms with van der Waals surface area (Å²) in [4.78, 5) is 12.3. The van der Waals surface area contributed by atoms with Crippen LogP contribution in [0.5, 0.6) is 5.75 Å². The van der Waals surface area contributed by atoms with Gasteiger partial charge in [0, 0.05) is 11.8 Å². The molecule has 2 saturated carbocycles. The molecule has 0 amide bonds. The van der Waals surface area contributed by atoms with Crippen molar-refractivity contribution in [1.82, 2.24) is 0 Å². The third kappa shape index (κ3) is 1.63. The van der Waals surface area contributed by atoms with Gasteiger partial charge in [0.15, 0.2) is 0 Å². The average molecular weight is 285 g/mol. The number of anilines is 1. The lowest BCUT2D eigenvalue weighted by molar-refractivity contribution is -0.129. The van der Waals surface area contributed by atoms with Crippen molar-refractivity contribution >= 4 is 11.5 Å². The lowest BCUT2D eigenvalue weighted by atomic mass is 9.55. The van der Waals surface area contributed by atoms with Crippen molar-refractivity contribution < 1.29 is 9.90 Å². The maximum Gasteiger partial charge on any atom is 0.139 e. The minimum atomic E-state index is -0.0683. The molecular weight excluding hydrogens is 262 g/mol. The Morgan fingerprint density at radius 2 is 2.05 bits per heavy atom. The molecule has 0 aliphatic heterocycles. The van der Waals surface area contributed by atoms with Crippen molar-refractivity contribution in [3.8, 4) is 5.75 Å². The number of benzene rings is 1. The zero-order valence-electron chi connectivity index (χ0n) is 12.6. The lowest BCUT2D eigenvalue weighted by Crippen LogP contribution is -2.42. The fraction of sp³-hybridized carbons (Fsp3) is 0.611. The number of carbonyl (C=O) groups excluding carboxylic acids is 1. The number of Topliss-reactive ketones (excluding diaryl/α,β-unsaturated/α-hetero) is 1. The smallest absolute Gasteiger partial charge is 0.139 e. The SMILES string of the molecule is CC12CCC3c4ccc(O)c(N)c4CCC3C1CCC2=O. The zero-order valence-corrected chi connectivity index (χ0v) is 12.6. The molecule has 3 nitrogen and oxygen atoms in total. The van der Waals surface area contributed by atoms with Crippen LogP contribution in [0.3, 0.4) is 0 Å². The summed E-state index contributed by atoms with van der Waals surface area (Å²) in [5, 5.41) is 9.83. The predicted molar refractivity (Wildman–Crippen MR) is 82.1 cm³/mol. The molecule has 0 saturated heterocycles. The number of hydrogen-bond donors (Lipinski definition) is 2. The fourth-order valence-electron chi connectivity index (χ4n) is 5.45. The minimum absolute atomic E-state index is 0.0683. The van der Waals surface area contributed by atoms with Crippen LogP contribution in [0.1, 0.15) is 56.1 Å². The number of aromatic hydroxyl groups is 1. The van der Waals surface area contributed by atoms with Gasteiger partial charge in [-0.3, -0.25) is 4.79 Å². The Morgan fingerprint density at radius 1 is 1.24 bits per heavy atom. The summed E-state index contributed by atoms with van der Waals surface area (Å²) in [7, 11) is 0. The third-order valence-corrected chi connectivity index (χ3v) is 6.64. The van der Waals surface area contributed by atoms with Crippen molar-refractivity contribution in [2.24, 2.45) is 17.3 Å². The molecule has 4 atom stereocenters. The van der Waals surface area contributed by atoms with Crippen LogP contribution in [-0.4, -0.2) is 10.9 Å². The highest BCUT2D eigenvalue weighted by Crippen LogP contribution is 2.60. The number of rotatable bonds is 0. The molecule has 0 heterocycles. The van der Waals surface area contributed by atoms with Crippen molar-refractivity contribution in [1.29, 1.82) is 0 Å². The van der Waals surface area contributed by atoms with E-state index in [1.54, 1.807) is 6.07 Å². The van der Waals surface area contributed by atoms with E-state index in [0.29, 0.717) is 29.2 Å². The van der Waals surface area contributed by atoms with Crippen molar-refractivity contribution in [3.63, 3.8) is 0 Å². The van der Waals surface area contributed by atoms with E-state index < -0.39 is 0 Å². The Bertz CT molecular complexity index is 624. The van der Waals surface area contributed by atoms with Crippen molar-refractivity contribution in [2.75, 3.05) is 5.73 Å². The quantitative estimate of drug-likeness (QED) is 0.567. The van der Waals surface area contributed by atoms with E-state index in [4.69, 9.17) is 5.73 Å². The van der Waals surface area contributed by atoms with Gasteiger partial charge in [0.1, 0.15) is 11.5 Å². The summed E-state index contributed by atoms with van der Waals surface area (Å²) < 4.78 is 0. The van der Waals surface area contributed by atoms with Crippen LogP contribution in [0.4, 0.5) is 5.69 Å². The van der Waals surface area contributed by atoms with Crippen LogP contribution < -0.4 is 5.73 Å². The third-order valence-electron chi connectivity index (χ3n) is 6.64. The van der Waals surface area contributed by atoms with Crippen LogP contribution in [0.2, 0.25) is 0 Å². The van der Waals surface area contributed by atoms with Crippen LogP contribution in [-0.2, 0) is 11.2 Å². The van der Waals surface area contributed by atoms with Gasteiger partial charge >= 0.3 is 0 Å². The second-order valence-electron chi connectivity index (χ2n) is 7.40. The molecule has 3 N–H and O–H groups in total. The Morgan fingerprint density at radius 3 is 2.86 bits per heavy atom. The van der Waals surface area contributed by atoms with E-state index in [-0.39, 0.29) is 11.2 Å². The van der Waals surface area contributed by atoms with Crippen molar-refractivity contribution in [2.45, 2.75) is 51.4 Å². The molecule has 112 valence electrons. The summed E-state index contributed by atoms with van der Waals surface area (Å²) in [5.41, 5.74) is 9.07. The van der Waals surface area contributed by atoms with E-state index in [0.717, 1.165) is 44.1 Å². The number of phenolic OH excluding ortho intramolecular Hbond substituents is 1. The van der Waals surface area contributed by atoms with Gasteiger partial charge in [-0.05, 0) is 67.1 Å². The highest BCUT2D eigenvalue weighted by Gasteiger charge is 2.54. The molecule has 1 aromatic rings. The van der Waals surface area contributed by atoms with Gasteiger partial charge in [-0.25, -0.2) is 0 Å². The molecule has 21 heavy (non-hydrogen) atoms. The molecule has 4 unspecified atom stereocenters. The molecule has 2 fully saturated rings. The van der Waals surface area contributed by atoms with Crippen LogP contribution in [0, 0.1) is 17.3 Å². The van der Waals surface area contributed by atoms with Crippen molar-refractivity contribution in [3.05, 3.63) is 23.3 Å². The Kier molecular flexibility index (Phi) is 2.66. The molecule has 0 radical (unpaired) electrons. The first-order valence-electron chi connectivity index (χ1n) is 8.16. The lowest BCUT2D eigenvalue weighted by Gasteiger charge is -2.48. The van der Waals surface area contributed by atoms with E-state index in [1.807, 2.05) is 0 Å². The van der Waals surface area contributed by atoms with Gasteiger partial charge in [0.05, 0.1) is 5.69 Å². The number of nitrogen functional groups attached to an aromatic ring is 1. The first kappa shape index (κ1) is 13.2. The molecule has 1 aromatic carbocycles. The molecule has 4 rings (SSSR count). The number of carbonyl (C=O) groups is 1. The summed E-state index contributed by atoms with van der Waals surface area (Å²) in [5.74, 6) is 2.39. The Labute approximate surface area is 125 Å². The molecular formula is C18H23NO2. The zero-order chi connectivity index (χ0) is 14.8. The van der Waals surface area contributed by atoms with Crippen LogP contribution in [0.15, 0.2) is 12.1 Å². The predicted octanol–water partition coefficient (Wildman–Crippen LogP) is 3.40. The van der Waals surface area contributed by atoms with E-state index in [2.05, 4.69) is 13.0 Å². The summed E-state index contributed by atoms with van der Waals surface area (Å²) in [6.45, 7) is 2.20. The minimum Gasteiger partial charge on any atom is -0.506 e. The van der Waals surface area contributed by atoms with Gasteiger partial charge in [-0.1, -0.05) is 13.0 Å². The molecule has 3 heteroatoms. The normalized spacial score (nSPS) is 37.8. The van der Waals surface area contributed by atoms with E-state index in [9.17, 15) is 9.90 Å². The topological polar surface area (TPSA) is 63.3 Å². The maximum absolute atomic E-state index is 12.3. The van der Waals surface area contributed by atoms with Gasteiger partial charge in [-0.2, -0.15) is 0 Å². The standard InChI is InChI=1S/C18H23NO2/c1-18-9-8-11-10-4-6-15(20)17(19)13(10)3-2-12(11)14(18)5-7-16(18)21/h4,6,11-12,14,20H,2-3,5,7-9,19H2,1H3. The Balaban J connectivity index is 1.75. The van der Waals surface area contributed by atoms with E-state index >= 15 is 0 Å². The monoisotopic (exact) mass is 285 g/mol. The van der Waals surface area contributed by atoms with Crippen LogP contribution in [0.25, 0.3) is 0 Å². The average Bonchev–Trinajstić information content (AvgIpc) is 2.78. The number of phenols is 1. The Hall–Kier alpha value is -1.51. The molecule has 0 bridgehead atoms. The van der Waals surface area contributed by atoms with Gasteiger partial charge < -0.3 is 10.8 Å². The summed E-state index contributed by atoms with van der Waals surface area (Å²) in [6.07, 6.45) is 5.99. The van der Waals surface area contributed by atoms with E-state index in [1.165, 1.54) is 5.56 Å². The second-order valence-corrected chi connectivity index (χ2v) is 7.40. The maximum atomic E-state index is 12.3. The second kappa shape index (κ2) is 4.25. The highest BCUT2D eigenvalue weighted by atomic mass is 16.3.